The molecular weight excluding hydrogens is 377 g/mol. The highest BCUT2D eigenvalue weighted by molar-refractivity contribution is 6.35. The van der Waals surface area contributed by atoms with Gasteiger partial charge in [-0.1, -0.05) is 17.7 Å². The Morgan fingerprint density at radius 1 is 1.26 bits per heavy atom. The lowest BCUT2D eigenvalue weighted by Crippen LogP contribution is -2.12. The van der Waals surface area contributed by atoms with E-state index in [2.05, 4.69) is 15.3 Å². The number of furan rings is 1. The standard InChI is InChI=1S/C18H15ClFN3O4/c1-25-12-7-3-6-11(14(12)20)16-22-15(18(24)26-2)13(19)17(23-16)21-9-10-5-4-8-27-10/h3-8H,9H2,1-2H3,(H,21,22,23). The SMILES string of the molecule is COC(=O)c1nc(-c2cccc(OC)c2F)nc(NCc2ccco2)c1Cl. The Balaban J connectivity index is 2.08. The van der Waals surface area contributed by atoms with Crippen LogP contribution in [0, 0.1) is 5.82 Å². The van der Waals surface area contributed by atoms with Crippen LogP contribution in [0.5, 0.6) is 5.75 Å². The molecule has 27 heavy (non-hydrogen) atoms. The van der Waals surface area contributed by atoms with Crippen LogP contribution in [0.15, 0.2) is 41.0 Å². The minimum Gasteiger partial charge on any atom is -0.494 e. The lowest BCUT2D eigenvalue weighted by Gasteiger charge is -2.12. The minimum atomic E-state index is -0.770. The molecule has 0 radical (unpaired) electrons. The van der Waals surface area contributed by atoms with E-state index in [9.17, 15) is 9.18 Å². The predicted octanol–water partition coefficient (Wildman–Crippen LogP) is 3.94. The Morgan fingerprint density at radius 2 is 2.07 bits per heavy atom. The molecule has 7 nitrogen and oxygen atoms in total. The maximum Gasteiger partial charge on any atom is 0.358 e. The number of rotatable bonds is 6. The predicted molar refractivity (Wildman–Crippen MR) is 96.4 cm³/mol. The van der Waals surface area contributed by atoms with E-state index >= 15 is 0 Å². The zero-order chi connectivity index (χ0) is 19.4. The van der Waals surface area contributed by atoms with E-state index in [1.54, 1.807) is 18.2 Å². The van der Waals surface area contributed by atoms with Gasteiger partial charge in [0.05, 0.1) is 32.6 Å². The number of benzene rings is 1. The van der Waals surface area contributed by atoms with Crippen molar-refractivity contribution in [1.29, 1.82) is 0 Å². The molecule has 0 atom stereocenters. The topological polar surface area (TPSA) is 86.5 Å². The molecule has 0 spiro atoms. The van der Waals surface area contributed by atoms with E-state index in [1.165, 1.54) is 32.6 Å². The number of nitrogens with zero attached hydrogens (tertiary/aromatic N) is 2. The summed E-state index contributed by atoms with van der Waals surface area (Å²) in [6, 6.07) is 8.01. The number of esters is 1. The van der Waals surface area contributed by atoms with Gasteiger partial charge in [-0.25, -0.2) is 19.2 Å². The first kappa shape index (κ1) is 18.7. The summed E-state index contributed by atoms with van der Waals surface area (Å²) in [5.41, 5.74) is -0.134. The van der Waals surface area contributed by atoms with Gasteiger partial charge in [0.25, 0.3) is 0 Å². The Morgan fingerprint density at radius 3 is 2.74 bits per heavy atom. The third-order valence-corrected chi connectivity index (χ3v) is 4.02. The van der Waals surface area contributed by atoms with E-state index in [0.717, 1.165) is 0 Å². The fourth-order valence-corrected chi connectivity index (χ4v) is 2.57. The molecule has 0 saturated carbocycles. The molecule has 0 aliphatic heterocycles. The number of aromatic nitrogens is 2. The van der Waals surface area contributed by atoms with Gasteiger partial charge < -0.3 is 19.2 Å². The number of anilines is 1. The zero-order valence-corrected chi connectivity index (χ0v) is 15.2. The minimum absolute atomic E-state index is 0.0239. The van der Waals surface area contributed by atoms with Crippen LogP contribution in [-0.2, 0) is 11.3 Å². The van der Waals surface area contributed by atoms with Gasteiger partial charge in [-0.2, -0.15) is 0 Å². The average molecular weight is 392 g/mol. The fraction of sp³-hybridized carbons (Fsp3) is 0.167. The molecule has 0 unspecified atom stereocenters. The number of ether oxygens (including phenoxy) is 2. The molecular formula is C18H15ClFN3O4. The van der Waals surface area contributed by atoms with Crippen molar-refractivity contribution < 1.29 is 23.1 Å². The summed E-state index contributed by atoms with van der Waals surface area (Å²) in [6.07, 6.45) is 1.52. The Labute approximate surface area is 159 Å². The van der Waals surface area contributed by atoms with E-state index in [4.69, 9.17) is 25.5 Å². The van der Waals surface area contributed by atoms with Crippen LogP contribution >= 0.6 is 11.6 Å². The first-order valence-electron chi connectivity index (χ1n) is 7.80. The first-order chi connectivity index (χ1) is 13.0. The van der Waals surface area contributed by atoms with Crippen molar-refractivity contribution >= 4 is 23.4 Å². The van der Waals surface area contributed by atoms with Crippen LogP contribution in [0.2, 0.25) is 5.02 Å². The summed E-state index contributed by atoms with van der Waals surface area (Å²) in [7, 11) is 2.55. The molecule has 2 aromatic heterocycles. The van der Waals surface area contributed by atoms with Crippen LogP contribution in [0.25, 0.3) is 11.4 Å². The molecule has 3 aromatic rings. The highest BCUT2D eigenvalue weighted by Crippen LogP contribution is 2.31. The number of halogens is 2. The smallest absolute Gasteiger partial charge is 0.358 e. The van der Waals surface area contributed by atoms with Crippen molar-refractivity contribution in [2.24, 2.45) is 0 Å². The van der Waals surface area contributed by atoms with E-state index in [-0.39, 0.29) is 40.2 Å². The summed E-state index contributed by atoms with van der Waals surface area (Å²) in [5, 5.41) is 2.91. The quantitative estimate of drug-likeness (QED) is 0.637. The van der Waals surface area contributed by atoms with Gasteiger partial charge >= 0.3 is 5.97 Å². The Bertz CT molecular complexity index is 963. The normalized spacial score (nSPS) is 10.5. The van der Waals surface area contributed by atoms with Crippen LogP contribution < -0.4 is 10.1 Å². The maximum absolute atomic E-state index is 14.6. The van der Waals surface area contributed by atoms with Crippen molar-refractivity contribution in [2.45, 2.75) is 6.54 Å². The molecule has 0 amide bonds. The molecule has 3 rings (SSSR count). The van der Waals surface area contributed by atoms with Gasteiger partial charge in [0.15, 0.2) is 23.1 Å². The molecule has 2 heterocycles. The van der Waals surface area contributed by atoms with E-state index in [0.29, 0.717) is 5.76 Å². The van der Waals surface area contributed by atoms with Crippen molar-refractivity contribution in [3.8, 4) is 17.1 Å². The average Bonchev–Trinajstić information content (AvgIpc) is 3.20. The second-order valence-electron chi connectivity index (χ2n) is 5.30. The number of carbonyl (C=O) groups is 1. The third-order valence-electron chi connectivity index (χ3n) is 3.66. The van der Waals surface area contributed by atoms with Gasteiger partial charge in [0.2, 0.25) is 0 Å². The number of methoxy groups -OCH3 is 2. The second kappa shape index (κ2) is 8.05. The molecule has 1 N–H and O–H groups in total. The highest BCUT2D eigenvalue weighted by Gasteiger charge is 2.22. The summed E-state index contributed by atoms with van der Waals surface area (Å²) >= 11 is 6.24. The summed E-state index contributed by atoms with van der Waals surface area (Å²) in [4.78, 5) is 20.4. The van der Waals surface area contributed by atoms with Gasteiger partial charge in [-0.3, -0.25) is 0 Å². The lowest BCUT2D eigenvalue weighted by molar-refractivity contribution is 0.0594. The van der Waals surface area contributed by atoms with Crippen molar-refractivity contribution in [3.63, 3.8) is 0 Å². The maximum atomic E-state index is 14.6. The van der Waals surface area contributed by atoms with Crippen LogP contribution in [0.3, 0.4) is 0 Å². The molecule has 1 aromatic carbocycles. The molecule has 0 saturated heterocycles. The second-order valence-corrected chi connectivity index (χ2v) is 5.68. The molecule has 140 valence electrons. The third kappa shape index (κ3) is 3.85. The summed E-state index contributed by atoms with van der Waals surface area (Å²) < 4.78 is 29.6. The monoisotopic (exact) mass is 391 g/mol. The van der Waals surface area contributed by atoms with Crippen LogP contribution in [-0.4, -0.2) is 30.2 Å². The van der Waals surface area contributed by atoms with Crippen molar-refractivity contribution in [3.05, 3.63) is 58.9 Å². The van der Waals surface area contributed by atoms with E-state index in [1.807, 2.05) is 0 Å². The van der Waals surface area contributed by atoms with Gasteiger partial charge in [0, 0.05) is 0 Å². The van der Waals surface area contributed by atoms with Crippen molar-refractivity contribution in [1.82, 2.24) is 9.97 Å². The van der Waals surface area contributed by atoms with Gasteiger partial charge in [-0.05, 0) is 24.3 Å². The number of carbonyl (C=O) groups excluding carboxylic acids is 1. The van der Waals surface area contributed by atoms with Gasteiger partial charge in [0.1, 0.15) is 16.6 Å². The highest BCUT2D eigenvalue weighted by atomic mass is 35.5. The molecule has 0 bridgehead atoms. The Kier molecular flexibility index (Phi) is 5.56. The van der Waals surface area contributed by atoms with Gasteiger partial charge in [-0.15, -0.1) is 0 Å². The summed E-state index contributed by atoms with van der Waals surface area (Å²) in [6.45, 7) is 0.254. The number of hydrogen-bond acceptors (Lipinski definition) is 7. The molecule has 0 fully saturated rings. The van der Waals surface area contributed by atoms with Crippen molar-refractivity contribution in [2.75, 3.05) is 19.5 Å². The zero-order valence-electron chi connectivity index (χ0n) is 14.5. The molecule has 0 aliphatic carbocycles. The van der Waals surface area contributed by atoms with E-state index < -0.39 is 11.8 Å². The van der Waals surface area contributed by atoms with Crippen LogP contribution in [0.4, 0.5) is 10.2 Å². The lowest BCUT2D eigenvalue weighted by atomic mass is 10.1. The molecule has 9 heteroatoms. The molecule has 0 aliphatic rings. The number of nitrogens with one attached hydrogen (secondary N) is 1. The fourth-order valence-electron chi connectivity index (χ4n) is 2.34. The van der Waals surface area contributed by atoms with Crippen LogP contribution in [0.1, 0.15) is 16.2 Å². The first-order valence-corrected chi connectivity index (χ1v) is 8.18. The largest absolute Gasteiger partial charge is 0.494 e. The Hall–Kier alpha value is -3.13. The summed E-state index contributed by atoms with van der Waals surface area (Å²) in [5.74, 6) is -0.684. The number of hydrogen-bond donors (Lipinski definition) is 1.